The molecule has 0 saturated carbocycles. The average Bonchev–Trinajstić information content (AvgIpc) is 2.35. The van der Waals surface area contributed by atoms with Crippen molar-refractivity contribution in [3.05, 3.63) is 0 Å². The lowest BCUT2D eigenvalue weighted by atomic mass is 10.1. The highest BCUT2D eigenvalue weighted by Gasteiger charge is 1.92. The third kappa shape index (κ3) is 15.2. The zero-order valence-electron chi connectivity index (χ0n) is 11.5. The molecule has 0 aromatic heterocycles. The molecule has 0 aliphatic carbocycles. The third-order valence-electron chi connectivity index (χ3n) is 3.07. The van der Waals surface area contributed by atoms with Crippen LogP contribution in [0, 0.1) is 11.8 Å². The van der Waals surface area contributed by atoms with Crippen LogP contribution in [0.3, 0.4) is 0 Å². The van der Waals surface area contributed by atoms with Gasteiger partial charge < -0.3 is 0 Å². The molecule has 0 saturated heterocycles. The standard InChI is InChI=1S/C16H28O/c1-2-3-4-5-6-7-8-9-10-11-12-13-14-15-16-17/h16H,2-13H2,1H3. The predicted octanol–water partition coefficient (Wildman–Crippen LogP) is 4.89. The predicted molar refractivity (Wildman–Crippen MR) is 74.9 cm³/mol. The summed E-state index contributed by atoms with van der Waals surface area (Å²) in [7, 11) is 0. The van der Waals surface area contributed by atoms with E-state index >= 15 is 0 Å². The fourth-order valence-electron chi connectivity index (χ4n) is 1.99. The number of hydrogen-bond acceptors (Lipinski definition) is 1. The monoisotopic (exact) mass is 236 g/mol. The Hall–Kier alpha value is -0.770. The molecule has 1 heteroatoms. The van der Waals surface area contributed by atoms with E-state index in [2.05, 4.69) is 18.8 Å². The van der Waals surface area contributed by atoms with Gasteiger partial charge in [0.2, 0.25) is 0 Å². The maximum Gasteiger partial charge on any atom is 0.192 e. The first kappa shape index (κ1) is 16.2. The Kier molecular flexibility index (Phi) is 14.5. The maximum absolute atomic E-state index is 9.93. The van der Waals surface area contributed by atoms with Gasteiger partial charge in [-0.15, -0.1) is 0 Å². The van der Waals surface area contributed by atoms with Crippen LogP contribution in [0.25, 0.3) is 0 Å². The van der Waals surface area contributed by atoms with Gasteiger partial charge in [-0.3, -0.25) is 4.79 Å². The summed E-state index contributed by atoms with van der Waals surface area (Å²) in [6, 6.07) is 0. The van der Waals surface area contributed by atoms with Gasteiger partial charge in [-0.1, -0.05) is 77.1 Å². The lowest BCUT2D eigenvalue weighted by Crippen LogP contribution is -1.82. The van der Waals surface area contributed by atoms with Crippen molar-refractivity contribution in [2.24, 2.45) is 0 Å². The minimum atomic E-state index is 0.679. The SMILES string of the molecule is CCCCCCCCCCCCCC#CC=O. The zero-order valence-corrected chi connectivity index (χ0v) is 11.5. The van der Waals surface area contributed by atoms with E-state index in [1.54, 1.807) is 0 Å². The summed E-state index contributed by atoms with van der Waals surface area (Å²) in [5.74, 6) is 5.30. The summed E-state index contributed by atoms with van der Waals surface area (Å²) in [5.41, 5.74) is 0. The van der Waals surface area contributed by atoms with E-state index < -0.39 is 0 Å². The molecule has 0 N–H and O–H groups in total. The van der Waals surface area contributed by atoms with E-state index in [1.165, 1.54) is 64.2 Å². The van der Waals surface area contributed by atoms with Gasteiger partial charge in [-0.05, 0) is 12.3 Å². The first-order chi connectivity index (χ1) is 8.41. The largest absolute Gasteiger partial charge is 0.289 e. The van der Waals surface area contributed by atoms with E-state index in [4.69, 9.17) is 0 Å². The number of carbonyl (C=O) groups is 1. The van der Waals surface area contributed by atoms with Crippen molar-refractivity contribution >= 4 is 6.29 Å². The smallest absolute Gasteiger partial charge is 0.192 e. The molecule has 17 heavy (non-hydrogen) atoms. The molecular formula is C16H28O. The van der Waals surface area contributed by atoms with Crippen LogP contribution in [-0.4, -0.2) is 6.29 Å². The molecule has 0 fully saturated rings. The Labute approximate surface area is 107 Å². The lowest BCUT2D eigenvalue weighted by Gasteiger charge is -2.01. The van der Waals surface area contributed by atoms with E-state index in [-0.39, 0.29) is 0 Å². The van der Waals surface area contributed by atoms with Gasteiger partial charge >= 0.3 is 0 Å². The van der Waals surface area contributed by atoms with Crippen molar-refractivity contribution in [2.45, 2.75) is 84.0 Å². The topological polar surface area (TPSA) is 17.1 Å². The van der Waals surface area contributed by atoms with Crippen LogP contribution in [0.1, 0.15) is 84.0 Å². The first-order valence-electron chi connectivity index (χ1n) is 7.34. The molecule has 0 radical (unpaired) electrons. The molecule has 0 aromatic carbocycles. The van der Waals surface area contributed by atoms with Crippen LogP contribution >= 0.6 is 0 Å². The highest BCUT2D eigenvalue weighted by atomic mass is 16.1. The van der Waals surface area contributed by atoms with Crippen LogP contribution in [0.2, 0.25) is 0 Å². The quantitative estimate of drug-likeness (QED) is 0.283. The van der Waals surface area contributed by atoms with Crippen LogP contribution in [0.4, 0.5) is 0 Å². The minimum Gasteiger partial charge on any atom is -0.289 e. The van der Waals surface area contributed by atoms with Crippen molar-refractivity contribution in [2.75, 3.05) is 0 Å². The van der Waals surface area contributed by atoms with Gasteiger partial charge in [0.25, 0.3) is 0 Å². The Morgan fingerprint density at radius 2 is 1.24 bits per heavy atom. The van der Waals surface area contributed by atoms with Crippen molar-refractivity contribution < 1.29 is 4.79 Å². The molecule has 0 aliphatic heterocycles. The molecule has 0 unspecified atom stereocenters. The van der Waals surface area contributed by atoms with Crippen molar-refractivity contribution in [1.29, 1.82) is 0 Å². The fourth-order valence-corrected chi connectivity index (χ4v) is 1.99. The number of hydrogen-bond donors (Lipinski definition) is 0. The Morgan fingerprint density at radius 3 is 1.71 bits per heavy atom. The zero-order chi connectivity index (χ0) is 12.6. The third-order valence-corrected chi connectivity index (χ3v) is 3.07. The number of rotatable bonds is 11. The molecule has 0 aromatic rings. The summed E-state index contributed by atoms with van der Waals surface area (Å²) >= 11 is 0. The molecule has 98 valence electrons. The normalized spacial score (nSPS) is 9.71. The van der Waals surface area contributed by atoms with E-state index in [1.807, 2.05) is 0 Å². The molecular weight excluding hydrogens is 208 g/mol. The second-order valence-electron chi connectivity index (χ2n) is 4.72. The second-order valence-corrected chi connectivity index (χ2v) is 4.72. The molecule has 0 amide bonds. The van der Waals surface area contributed by atoms with E-state index in [0.717, 1.165) is 12.8 Å². The molecule has 0 spiro atoms. The summed E-state index contributed by atoms with van der Waals surface area (Å²) in [6.07, 6.45) is 16.5. The fraction of sp³-hybridized carbons (Fsp3) is 0.812. The lowest BCUT2D eigenvalue weighted by molar-refractivity contribution is -0.103. The first-order valence-corrected chi connectivity index (χ1v) is 7.34. The van der Waals surface area contributed by atoms with E-state index in [0.29, 0.717) is 6.29 Å². The van der Waals surface area contributed by atoms with Gasteiger partial charge in [0, 0.05) is 6.42 Å². The van der Waals surface area contributed by atoms with Crippen molar-refractivity contribution in [1.82, 2.24) is 0 Å². The van der Waals surface area contributed by atoms with Crippen LogP contribution in [-0.2, 0) is 4.79 Å². The van der Waals surface area contributed by atoms with Crippen LogP contribution < -0.4 is 0 Å². The van der Waals surface area contributed by atoms with Gasteiger partial charge in [-0.2, -0.15) is 0 Å². The minimum absolute atomic E-state index is 0.679. The molecule has 1 nitrogen and oxygen atoms in total. The number of carbonyl (C=O) groups excluding carboxylic acids is 1. The molecule has 0 heterocycles. The highest BCUT2D eigenvalue weighted by Crippen LogP contribution is 2.11. The second kappa shape index (κ2) is 15.2. The summed E-state index contributed by atoms with van der Waals surface area (Å²) < 4.78 is 0. The summed E-state index contributed by atoms with van der Waals surface area (Å²) in [6.45, 7) is 2.26. The Morgan fingerprint density at radius 1 is 0.765 bits per heavy atom. The van der Waals surface area contributed by atoms with Crippen molar-refractivity contribution in [3.8, 4) is 11.8 Å². The van der Waals surface area contributed by atoms with Crippen molar-refractivity contribution in [3.63, 3.8) is 0 Å². The molecule has 0 aliphatic rings. The van der Waals surface area contributed by atoms with Gasteiger partial charge in [0.05, 0.1) is 0 Å². The molecule has 0 rings (SSSR count). The van der Waals surface area contributed by atoms with Crippen LogP contribution in [0.5, 0.6) is 0 Å². The van der Waals surface area contributed by atoms with Gasteiger partial charge in [-0.25, -0.2) is 0 Å². The maximum atomic E-state index is 9.93. The van der Waals surface area contributed by atoms with Crippen LogP contribution in [0.15, 0.2) is 0 Å². The number of unbranched alkanes of at least 4 members (excludes halogenated alkanes) is 11. The Balaban J connectivity index is 2.96. The summed E-state index contributed by atoms with van der Waals surface area (Å²) in [5, 5.41) is 0. The Bertz CT molecular complexity index is 209. The number of aldehydes is 1. The van der Waals surface area contributed by atoms with Gasteiger partial charge in [0.1, 0.15) is 0 Å². The summed E-state index contributed by atoms with van der Waals surface area (Å²) in [4.78, 5) is 9.93. The highest BCUT2D eigenvalue weighted by molar-refractivity contribution is 5.72. The van der Waals surface area contributed by atoms with Gasteiger partial charge in [0.15, 0.2) is 6.29 Å². The van der Waals surface area contributed by atoms with E-state index in [9.17, 15) is 4.79 Å². The molecule has 0 bridgehead atoms. The molecule has 0 atom stereocenters. The average molecular weight is 236 g/mol.